The first kappa shape index (κ1) is 12.6. The van der Waals surface area contributed by atoms with Gasteiger partial charge in [-0.2, -0.15) is 0 Å². The standard InChI is InChI=1S/C17H18N2O2/c20-16(14-11-15(21-19-14)12-7-8-12)18-17(9-4-10-17)13-5-2-1-3-6-13/h1-3,5-6,11-12H,4,7-10H2,(H,18,20). The maximum Gasteiger partial charge on any atom is 0.274 e. The molecule has 4 rings (SSSR count). The normalized spacial score (nSPS) is 19.8. The van der Waals surface area contributed by atoms with E-state index in [0.717, 1.165) is 37.9 Å². The number of rotatable bonds is 4. The highest BCUT2D eigenvalue weighted by Gasteiger charge is 2.40. The smallest absolute Gasteiger partial charge is 0.274 e. The van der Waals surface area contributed by atoms with Gasteiger partial charge in [0.25, 0.3) is 5.91 Å². The molecule has 21 heavy (non-hydrogen) atoms. The van der Waals surface area contributed by atoms with Crippen LogP contribution in [0.4, 0.5) is 0 Å². The van der Waals surface area contributed by atoms with Crippen molar-refractivity contribution in [3.8, 4) is 0 Å². The van der Waals surface area contributed by atoms with Gasteiger partial charge in [0, 0.05) is 12.0 Å². The highest BCUT2D eigenvalue weighted by atomic mass is 16.5. The van der Waals surface area contributed by atoms with Gasteiger partial charge in [-0.15, -0.1) is 0 Å². The molecule has 0 atom stereocenters. The number of hydrogen-bond donors (Lipinski definition) is 1. The van der Waals surface area contributed by atoms with E-state index in [4.69, 9.17) is 4.52 Å². The molecule has 0 unspecified atom stereocenters. The summed E-state index contributed by atoms with van der Waals surface area (Å²) < 4.78 is 5.27. The Morgan fingerprint density at radius 3 is 2.62 bits per heavy atom. The van der Waals surface area contributed by atoms with E-state index in [1.807, 2.05) is 18.2 Å². The van der Waals surface area contributed by atoms with Crippen LogP contribution in [0.25, 0.3) is 0 Å². The van der Waals surface area contributed by atoms with Crippen LogP contribution in [0, 0.1) is 0 Å². The van der Waals surface area contributed by atoms with Crippen molar-refractivity contribution in [1.82, 2.24) is 10.5 Å². The van der Waals surface area contributed by atoms with Crippen molar-refractivity contribution in [2.75, 3.05) is 0 Å². The molecule has 1 N–H and O–H groups in total. The summed E-state index contributed by atoms with van der Waals surface area (Å²) in [5.41, 5.74) is 1.35. The molecular formula is C17H18N2O2. The molecule has 2 aliphatic carbocycles. The minimum atomic E-state index is -0.225. The zero-order valence-electron chi connectivity index (χ0n) is 11.8. The molecule has 0 aliphatic heterocycles. The topological polar surface area (TPSA) is 55.1 Å². The largest absolute Gasteiger partial charge is 0.360 e. The molecule has 1 amide bonds. The lowest BCUT2D eigenvalue weighted by atomic mass is 9.71. The van der Waals surface area contributed by atoms with Crippen molar-refractivity contribution in [3.05, 3.63) is 53.4 Å². The maximum absolute atomic E-state index is 12.4. The Kier molecular flexibility index (Phi) is 2.84. The summed E-state index contributed by atoms with van der Waals surface area (Å²) in [5, 5.41) is 7.10. The number of nitrogens with one attached hydrogen (secondary N) is 1. The van der Waals surface area contributed by atoms with E-state index in [-0.39, 0.29) is 11.4 Å². The average Bonchev–Trinajstić information content (AvgIpc) is 3.21. The third-order valence-electron chi connectivity index (χ3n) is 4.63. The van der Waals surface area contributed by atoms with Gasteiger partial charge in [-0.3, -0.25) is 4.79 Å². The Bertz CT molecular complexity index is 654. The Labute approximate surface area is 123 Å². The zero-order valence-corrected chi connectivity index (χ0v) is 11.8. The summed E-state index contributed by atoms with van der Waals surface area (Å²) in [7, 11) is 0. The fourth-order valence-electron chi connectivity index (χ4n) is 3.01. The van der Waals surface area contributed by atoms with Crippen LogP contribution in [0.2, 0.25) is 0 Å². The number of amides is 1. The van der Waals surface area contributed by atoms with Crippen molar-refractivity contribution in [3.63, 3.8) is 0 Å². The van der Waals surface area contributed by atoms with Gasteiger partial charge >= 0.3 is 0 Å². The molecule has 108 valence electrons. The highest BCUT2D eigenvalue weighted by molar-refractivity contribution is 5.93. The molecule has 0 radical (unpaired) electrons. The van der Waals surface area contributed by atoms with E-state index in [2.05, 4.69) is 22.6 Å². The van der Waals surface area contributed by atoms with E-state index < -0.39 is 0 Å². The predicted octanol–water partition coefficient (Wildman–Crippen LogP) is 3.36. The Morgan fingerprint density at radius 1 is 1.24 bits per heavy atom. The number of aromatic nitrogens is 1. The lowest BCUT2D eigenvalue weighted by molar-refractivity contribution is 0.0814. The van der Waals surface area contributed by atoms with Crippen molar-refractivity contribution >= 4 is 5.91 Å². The van der Waals surface area contributed by atoms with E-state index in [9.17, 15) is 4.79 Å². The van der Waals surface area contributed by atoms with Gasteiger partial charge in [-0.25, -0.2) is 0 Å². The second-order valence-corrected chi connectivity index (χ2v) is 6.14. The third-order valence-corrected chi connectivity index (χ3v) is 4.63. The maximum atomic E-state index is 12.4. The van der Waals surface area contributed by atoms with Gasteiger partial charge in [0.2, 0.25) is 0 Å². The summed E-state index contributed by atoms with van der Waals surface area (Å²) >= 11 is 0. The lowest BCUT2D eigenvalue weighted by Gasteiger charge is -2.42. The average molecular weight is 282 g/mol. The fraction of sp³-hybridized carbons (Fsp3) is 0.412. The number of benzene rings is 1. The molecule has 1 aromatic heterocycles. The summed E-state index contributed by atoms with van der Waals surface area (Å²) in [5.74, 6) is 1.20. The van der Waals surface area contributed by atoms with Crippen molar-refractivity contribution in [2.45, 2.75) is 43.6 Å². The van der Waals surface area contributed by atoms with Gasteiger partial charge in [0.1, 0.15) is 5.76 Å². The molecule has 4 heteroatoms. The first-order chi connectivity index (χ1) is 10.3. The van der Waals surface area contributed by atoms with Crippen molar-refractivity contribution < 1.29 is 9.32 Å². The van der Waals surface area contributed by atoms with E-state index in [0.29, 0.717) is 11.6 Å². The summed E-state index contributed by atoms with van der Waals surface area (Å²) in [6.07, 6.45) is 5.39. The third kappa shape index (κ3) is 2.24. The molecule has 0 spiro atoms. The summed E-state index contributed by atoms with van der Waals surface area (Å²) in [4.78, 5) is 12.4. The predicted molar refractivity (Wildman–Crippen MR) is 77.9 cm³/mol. The Balaban J connectivity index is 1.54. The van der Waals surface area contributed by atoms with Crippen LogP contribution in [0.5, 0.6) is 0 Å². The quantitative estimate of drug-likeness (QED) is 0.935. The van der Waals surface area contributed by atoms with Gasteiger partial charge in [0.05, 0.1) is 5.54 Å². The molecule has 1 heterocycles. The molecule has 1 aromatic carbocycles. The van der Waals surface area contributed by atoms with Crippen molar-refractivity contribution in [2.24, 2.45) is 0 Å². The van der Waals surface area contributed by atoms with E-state index in [1.54, 1.807) is 6.07 Å². The van der Waals surface area contributed by atoms with Crippen molar-refractivity contribution in [1.29, 1.82) is 0 Å². The number of nitrogens with zero attached hydrogens (tertiary/aromatic N) is 1. The SMILES string of the molecule is O=C(NC1(c2ccccc2)CCC1)c1cc(C2CC2)on1. The molecule has 0 bridgehead atoms. The van der Waals surface area contributed by atoms with Crippen LogP contribution in [-0.4, -0.2) is 11.1 Å². The molecule has 2 saturated carbocycles. The molecule has 2 fully saturated rings. The molecule has 0 saturated heterocycles. The molecule has 2 aliphatic rings. The van der Waals surface area contributed by atoms with Gasteiger partial charge in [0.15, 0.2) is 5.69 Å². The zero-order chi connectivity index (χ0) is 14.3. The lowest BCUT2D eigenvalue weighted by Crippen LogP contribution is -2.50. The van der Waals surface area contributed by atoms with Crippen LogP contribution in [0.1, 0.15) is 59.8 Å². The number of carbonyl (C=O) groups is 1. The van der Waals surface area contributed by atoms with E-state index >= 15 is 0 Å². The second kappa shape index (κ2) is 4.72. The first-order valence-electron chi connectivity index (χ1n) is 7.61. The summed E-state index contributed by atoms with van der Waals surface area (Å²) in [6.45, 7) is 0. The minimum Gasteiger partial charge on any atom is -0.360 e. The van der Waals surface area contributed by atoms with Gasteiger partial charge in [-0.1, -0.05) is 35.5 Å². The van der Waals surface area contributed by atoms with Gasteiger partial charge in [-0.05, 0) is 37.7 Å². The molecule has 4 nitrogen and oxygen atoms in total. The highest BCUT2D eigenvalue weighted by Crippen LogP contribution is 2.42. The molecule has 2 aromatic rings. The van der Waals surface area contributed by atoms with Crippen LogP contribution < -0.4 is 5.32 Å². The van der Waals surface area contributed by atoms with E-state index in [1.165, 1.54) is 5.56 Å². The van der Waals surface area contributed by atoms with Crippen LogP contribution in [0.3, 0.4) is 0 Å². The first-order valence-corrected chi connectivity index (χ1v) is 7.61. The number of hydrogen-bond acceptors (Lipinski definition) is 3. The minimum absolute atomic E-state index is 0.130. The second-order valence-electron chi connectivity index (χ2n) is 6.14. The number of carbonyl (C=O) groups excluding carboxylic acids is 1. The molecular weight excluding hydrogens is 264 g/mol. The Morgan fingerprint density at radius 2 is 2.00 bits per heavy atom. The van der Waals surface area contributed by atoms with Crippen LogP contribution in [0.15, 0.2) is 40.9 Å². The van der Waals surface area contributed by atoms with Crippen LogP contribution >= 0.6 is 0 Å². The Hall–Kier alpha value is -2.10. The van der Waals surface area contributed by atoms with Gasteiger partial charge < -0.3 is 9.84 Å². The monoisotopic (exact) mass is 282 g/mol. The van der Waals surface area contributed by atoms with Crippen LogP contribution in [-0.2, 0) is 5.54 Å². The fourth-order valence-corrected chi connectivity index (χ4v) is 3.01. The summed E-state index contributed by atoms with van der Waals surface area (Å²) in [6, 6.07) is 12.0.